The van der Waals surface area contributed by atoms with E-state index in [1.807, 2.05) is 0 Å². The predicted octanol–water partition coefficient (Wildman–Crippen LogP) is 2.33. The lowest BCUT2D eigenvalue weighted by molar-refractivity contribution is -0.0967. The fourth-order valence-corrected chi connectivity index (χ4v) is 1.85. The van der Waals surface area contributed by atoms with Crippen molar-refractivity contribution in [2.45, 2.75) is 58.2 Å². The molecule has 0 aliphatic carbocycles. The molecule has 0 bridgehead atoms. The lowest BCUT2D eigenvalue weighted by atomic mass is 10.0. The molecule has 1 aliphatic heterocycles. The van der Waals surface area contributed by atoms with Crippen LogP contribution in [0.2, 0.25) is 0 Å². The van der Waals surface area contributed by atoms with Crippen LogP contribution in [0.4, 0.5) is 0 Å². The molecule has 2 heteroatoms. The fraction of sp³-hybridized carbons (Fsp3) is 1.00. The van der Waals surface area contributed by atoms with Crippen molar-refractivity contribution in [3.63, 3.8) is 0 Å². The summed E-state index contributed by atoms with van der Waals surface area (Å²) in [6.45, 7) is 8.58. The minimum Gasteiger partial charge on any atom is -0.370 e. The van der Waals surface area contributed by atoms with Crippen molar-refractivity contribution in [1.82, 2.24) is 5.32 Å². The first-order valence-electron chi connectivity index (χ1n) is 5.52. The average molecular weight is 185 g/mol. The number of rotatable bonds is 4. The van der Waals surface area contributed by atoms with Crippen LogP contribution >= 0.6 is 0 Å². The van der Waals surface area contributed by atoms with Gasteiger partial charge in [0.2, 0.25) is 0 Å². The highest BCUT2D eigenvalue weighted by Crippen LogP contribution is 2.18. The van der Waals surface area contributed by atoms with E-state index in [1.165, 1.54) is 25.7 Å². The Morgan fingerprint density at radius 3 is 2.77 bits per heavy atom. The standard InChI is InChI=1S/C11H23NO/c1-4-5-6-7-10-8-12-9-11(2,3)13-10/h10,12H,4-9H2,1-3H3. The molecular formula is C11H23NO. The van der Waals surface area contributed by atoms with Crippen LogP contribution in [0.1, 0.15) is 46.5 Å². The number of hydrogen-bond donors (Lipinski definition) is 1. The summed E-state index contributed by atoms with van der Waals surface area (Å²) in [5.41, 5.74) is 0.0368. The van der Waals surface area contributed by atoms with Gasteiger partial charge in [0.1, 0.15) is 0 Å². The first-order valence-corrected chi connectivity index (χ1v) is 5.52. The van der Waals surface area contributed by atoms with Gasteiger partial charge in [0, 0.05) is 13.1 Å². The van der Waals surface area contributed by atoms with Crippen molar-refractivity contribution >= 4 is 0 Å². The maximum atomic E-state index is 5.96. The summed E-state index contributed by atoms with van der Waals surface area (Å²) in [4.78, 5) is 0. The van der Waals surface area contributed by atoms with E-state index in [9.17, 15) is 0 Å². The smallest absolute Gasteiger partial charge is 0.0754 e. The molecule has 0 radical (unpaired) electrons. The molecule has 0 spiro atoms. The number of unbranched alkanes of at least 4 members (excludes halogenated alkanes) is 2. The largest absolute Gasteiger partial charge is 0.370 e. The van der Waals surface area contributed by atoms with Gasteiger partial charge in [0.25, 0.3) is 0 Å². The van der Waals surface area contributed by atoms with Crippen LogP contribution in [0.5, 0.6) is 0 Å². The van der Waals surface area contributed by atoms with Crippen molar-refractivity contribution < 1.29 is 4.74 Å². The van der Waals surface area contributed by atoms with Crippen LogP contribution in [-0.4, -0.2) is 24.8 Å². The summed E-state index contributed by atoms with van der Waals surface area (Å²) in [5.74, 6) is 0. The maximum absolute atomic E-state index is 5.96. The Bertz CT molecular complexity index is 145. The van der Waals surface area contributed by atoms with E-state index in [0.717, 1.165) is 13.1 Å². The second kappa shape index (κ2) is 4.97. The Labute approximate surface area is 82.0 Å². The van der Waals surface area contributed by atoms with Gasteiger partial charge < -0.3 is 10.1 Å². The minimum atomic E-state index is 0.0368. The van der Waals surface area contributed by atoms with Gasteiger partial charge in [-0.05, 0) is 20.3 Å². The molecule has 1 unspecified atom stereocenters. The molecule has 0 saturated carbocycles. The summed E-state index contributed by atoms with van der Waals surface area (Å²) in [5, 5.41) is 3.43. The van der Waals surface area contributed by atoms with E-state index >= 15 is 0 Å². The second-order valence-corrected chi connectivity index (χ2v) is 4.63. The highest BCUT2D eigenvalue weighted by atomic mass is 16.5. The van der Waals surface area contributed by atoms with Crippen LogP contribution in [0.25, 0.3) is 0 Å². The Kier molecular flexibility index (Phi) is 4.20. The zero-order valence-electron chi connectivity index (χ0n) is 9.23. The van der Waals surface area contributed by atoms with E-state index in [4.69, 9.17) is 4.74 Å². The van der Waals surface area contributed by atoms with Gasteiger partial charge in [-0.25, -0.2) is 0 Å². The normalized spacial score (nSPS) is 27.5. The van der Waals surface area contributed by atoms with Crippen LogP contribution in [0.3, 0.4) is 0 Å². The molecule has 1 N–H and O–H groups in total. The van der Waals surface area contributed by atoms with Crippen molar-refractivity contribution in [3.8, 4) is 0 Å². The first kappa shape index (κ1) is 11.0. The highest BCUT2D eigenvalue weighted by Gasteiger charge is 2.27. The first-order chi connectivity index (χ1) is 6.14. The molecule has 0 aromatic heterocycles. The van der Waals surface area contributed by atoms with Crippen molar-refractivity contribution in [2.24, 2.45) is 0 Å². The van der Waals surface area contributed by atoms with E-state index < -0.39 is 0 Å². The Morgan fingerprint density at radius 1 is 1.38 bits per heavy atom. The quantitative estimate of drug-likeness (QED) is 0.679. The monoisotopic (exact) mass is 185 g/mol. The summed E-state index contributed by atoms with van der Waals surface area (Å²) in [6.07, 6.45) is 5.59. The van der Waals surface area contributed by atoms with E-state index in [0.29, 0.717) is 6.10 Å². The Morgan fingerprint density at radius 2 is 2.15 bits per heavy atom. The SMILES string of the molecule is CCCCCC1CNCC(C)(C)O1. The predicted molar refractivity (Wildman–Crippen MR) is 56.0 cm³/mol. The van der Waals surface area contributed by atoms with Crippen molar-refractivity contribution in [3.05, 3.63) is 0 Å². The molecule has 0 aromatic carbocycles. The van der Waals surface area contributed by atoms with Gasteiger partial charge in [-0.1, -0.05) is 26.2 Å². The molecule has 0 aromatic rings. The van der Waals surface area contributed by atoms with Crippen LogP contribution in [0.15, 0.2) is 0 Å². The van der Waals surface area contributed by atoms with E-state index in [2.05, 4.69) is 26.1 Å². The van der Waals surface area contributed by atoms with E-state index in [-0.39, 0.29) is 5.60 Å². The summed E-state index contributed by atoms with van der Waals surface area (Å²) < 4.78 is 5.96. The summed E-state index contributed by atoms with van der Waals surface area (Å²) in [6, 6.07) is 0. The maximum Gasteiger partial charge on any atom is 0.0754 e. The van der Waals surface area contributed by atoms with Gasteiger partial charge in [0.05, 0.1) is 11.7 Å². The number of morpholine rings is 1. The lowest BCUT2D eigenvalue weighted by Crippen LogP contribution is -2.50. The van der Waals surface area contributed by atoms with Gasteiger partial charge in [-0.2, -0.15) is 0 Å². The molecule has 1 heterocycles. The van der Waals surface area contributed by atoms with Crippen LogP contribution in [-0.2, 0) is 4.74 Å². The third-order valence-electron chi connectivity index (χ3n) is 2.54. The molecule has 1 aliphatic rings. The molecule has 13 heavy (non-hydrogen) atoms. The molecule has 78 valence electrons. The molecule has 1 fully saturated rings. The van der Waals surface area contributed by atoms with Gasteiger partial charge in [-0.3, -0.25) is 0 Å². The van der Waals surface area contributed by atoms with Gasteiger partial charge in [-0.15, -0.1) is 0 Å². The third-order valence-corrected chi connectivity index (χ3v) is 2.54. The average Bonchev–Trinajstić information content (AvgIpc) is 2.03. The van der Waals surface area contributed by atoms with E-state index in [1.54, 1.807) is 0 Å². The zero-order valence-corrected chi connectivity index (χ0v) is 9.23. The molecular weight excluding hydrogens is 162 g/mol. The number of hydrogen-bond acceptors (Lipinski definition) is 2. The zero-order chi connectivity index (χ0) is 9.73. The molecule has 1 saturated heterocycles. The van der Waals surface area contributed by atoms with Gasteiger partial charge in [0.15, 0.2) is 0 Å². The Balaban J connectivity index is 2.19. The summed E-state index contributed by atoms with van der Waals surface area (Å²) >= 11 is 0. The molecule has 2 nitrogen and oxygen atoms in total. The second-order valence-electron chi connectivity index (χ2n) is 4.63. The topological polar surface area (TPSA) is 21.3 Å². The minimum absolute atomic E-state index is 0.0368. The molecule has 1 rings (SSSR count). The van der Waals surface area contributed by atoms with Gasteiger partial charge >= 0.3 is 0 Å². The van der Waals surface area contributed by atoms with Crippen LogP contribution < -0.4 is 5.32 Å². The highest BCUT2D eigenvalue weighted by molar-refractivity contribution is 4.81. The Hall–Kier alpha value is -0.0800. The summed E-state index contributed by atoms with van der Waals surface area (Å²) in [7, 11) is 0. The van der Waals surface area contributed by atoms with Crippen molar-refractivity contribution in [1.29, 1.82) is 0 Å². The third kappa shape index (κ3) is 4.10. The number of nitrogens with one attached hydrogen (secondary N) is 1. The lowest BCUT2D eigenvalue weighted by Gasteiger charge is -2.36. The molecule has 0 amide bonds. The number of ether oxygens (including phenoxy) is 1. The fourth-order valence-electron chi connectivity index (χ4n) is 1.85. The van der Waals surface area contributed by atoms with Crippen molar-refractivity contribution in [2.75, 3.05) is 13.1 Å². The molecule has 1 atom stereocenters. The van der Waals surface area contributed by atoms with Crippen LogP contribution in [0, 0.1) is 0 Å².